The molecule has 6 nitrogen and oxygen atoms in total. The molecule has 1 atom stereocenters. The highest BCUT2D eigenvalue weighted by Gasteiger charge is 2.33. The molecule has 1 heterocycles. The average molecular weight is 315 g/mol. The quantitative estimate of drug-likeness (QED) is 0.835. The third-order valence-electron chi connectivity index (χ3n) is 3.36. The van der Waals surface area contributed by atoms with Crippen LogP contribution in [0.3, 0.4) is 0 Å². The first-order valence-electron chi connectivity index (χ1n) is 6.87. The number of rotatable bonds is 6. The summed E-state index contributed by atoms with van der Waals surface area (Å²) in [7, 11) is 0. The molecule has 0 fully saturated rings. The summed E-state index contributed by atoms with van der Waals surface area (Å²) in [5.41, 5.74) is 5.74. The largest absolute Gasteiger partial charge is 0.368 e. The van der Waals surface area contributed by atoms with E-state index in [4.69, 9.17) is 17.3 Å². The molecule has 0 aliphatic heterocycles. The molecular formula is C14H23ClN4O2. The van der Waals surface area contributed by atoms with Gasteiger partial charge in [0.15, 0.2) is 0 Å². The van der Waals surface area contributed by atoms with Crippen LogP contribution in [-0.2, 0) is 16.1 Å². The Balaban J connectivity index is 2.84. The van der Waals surface area contributed by atoms with Gasteiger partial charge in [-0.2, -0.15) is 5.10 Å². The van der Waals surface area contributed by atoms with Crippen LogP contribution in [0.1, 0.15) is 38.6 Å². The SMILES string of the molecule is Cc1nn(CC(=O)N[C@](C)(CC(C)C)C(N)=O)c(C)c1Cl. The van der Waals surface area contributed by atoms with Gasteiger partial charge in [-0.05, 0) is 33.1 Å². The molecule has 1 aromatic heterocycles. The van der Waals surface area contributed by atoms with Crippen molar-refractivity contribution < 1.29 is 9.59 Å². The first-order valence-corrected chi connectivity index (χ1v) is 7.25. The minimum atomic E-state index is -1.06. The maximum atomic E-state index is 12.2. The lowest BCUT2D eigenvalue weighted by Gasteiger charge is -2.29. The van der Waals surface area contributed by atoms with E-state index < -0.39 is 11.4 Å². The molecule has 0 unspecified atom stereocenters. The van der Waals surface area contributed by atoms with Gasteiger partial charge in [-0.3, -0.25) is 14.3 Å². The van der Waals surface area contributed by atoms with E-state index >= 15 is 0 Å². The summed E-state index contributed by atoms with van der Waals surface area (Å²) in [5.74, 6) is -0.638. The summed E-state index contributed by atoms with van der Waals surface area (Å²) < 4.78 is 1.52. The number of hydrogen-bond donors (Lipinski definition) is 2. The topological polar surface area (TPSA) is 90.0 Å². The lowest BCUT2D eigenvalue weighted by atomic mass is 9.90. The van der Waals surface area contributed by atoms with Crippen LogP contribution >= 0.6 is 11.6 Å². The number of carbonyl (C=O) groups excluding carboxylic acids is 2. The zero-order chi connectivity index (χ0) is 16.4. The molecule has 7 heteroatoms. The predicted molar refractivity (Wildman–Crippen MR) is 81.9 cm³/mol. The smallest absolute Gasteiger partial charge is 0.242 e. The molecule has 118 valence electrons. The Bertz CT molecular complexity index is 553. The second kappa shape index (κ2) is 6.47. The highest BCUT2D eigenvalue weighted by atomic mass is 35.5. The Morgan fingerprint density at radius 3 is 2.38 bits per heavy atom. The molecule has 2 amide bonds. The van der Waals surface area contributed by atoms with Crippen LogP contribution in [-0.4, -0.2) is 27.1 Å². The van der Waals surface area contributed by atoms with Gasteiger partial charge in [-0.15, -0.1) is 0 Å². The van der Waals surface area contributed by atoms with Gasteiger partial charge in [-0.25, -0.2) is 0 Å². The minimum Gasteiger partial charge on any atom is -0.368 e. The Hall–Kier alpha value is -1.56. The van der Waals surface area contributed by atoms with Gasteiger partial charge in [0.05, 0.1) is 16.4 Å². The lowest BCUT2D eigenvalue weighted by molar-refractivity contribution is -0.132. The normalized spacial score (nSPS) is 14.0. The molecule has 0 radical (unpaired) electrons. The maximum absolute atomic E-state index is 12.2. The fourth-order valence-corrected chi connectivity index (χ4v) is 2.48. The zero-order valence-electron chi connectivity index (χ0n) is 13.2. The number of amides is 2. The summed E-state index contributed by atoms with van der Waals surface area (Å²) in [6, 6.07) is 0. The number of carbonyl (C=O) groups is 2. The second-order valence-corrected chi connectivity index (χ2v) is 6.36. The maximum Gasteiger partial charge on any atom is 0.242 e. The summed E-state index contributed by atoms with van der Waals surface area (Å²) in [5, 5.41) is 7.45. The third kappa shape index (κ3) is 4.20. The molecule has 0 bridgehead atoms. The van der Waals surface area contributed by atoms with E-state index in [1.165, 1.54) is 4.68 Å². The van der Waals surface area contributed by atoms with Crippen LogP contribution in [0.5, 0.6) is 0 Å². The summed E-state index contributed by atoms with van der Waals surface area (Å²) >= 11 is 6.05. The molecule has 21 heavy (non-hydrogen) atoms. The van der Waals surface area contributed by atoms with Crippen molar-refractivity contribution in [3.05, 3.63) is 16.4 Å². The van der Waals surface area contributed by atoms with E-state index in [1.54, 1.807) is 20.8 Å². The lowest BCUT2D eigenvalue weighted by Crippen LogP contribution is -2.56. The fraction of sp³-hybridized carbons (Fsp3) is 0.643. The first kappa shape index (κ1) is 17.5. The second-order valence-electron chi connectivity index (χ2n) is 5.98. The van der Waals surface area contributed by atoms with Gasteiger partial charge in [-0.1, -0.05) is 25.4 Å². The van der Waals surface area contributed by atoms with Gasteiger partial charge in [0.25, 0.3) is 0 Å². The van der Waals surface area contributed by atoms with Crippen LogP contribution in [0, 0.1) is 19.8 Å². The molecule has 0 saturated carbocycles. The van der Waals surface area contributed by atoms with Crippen molar-refractivity contribution in [2.24, 2.45) is 11.7 Å². The van der Waals surface area contributed by atoms with E-state index in [0.29, 0.717) is 22.8 Å². The number of aryl methyl sites for hydroxylation is 1. The van der Waals surface area contributed by atoms with Crippen molar-refractivity contribution in [1.29, 1.82) is 0 Å². The van der Waals surface area contributed by atoms with Crippen LogP contribution in [0.4, 0.5) is 0 Å². The number of nitrogens with one attached hydrogen (secondary N) is 1. The van der Waals surface area contributed by atoms with Crippen molar-refractivity contribution in [2.45, 2.75) is 53.1 Å². The molecule has 0 spiro atoms. The number of nitrogens with zero attached hydrogens (tertiary/aromatic N) is 2. The summed E-state index contributed by atoms with van der Waals surface area (Å²) in [6.45, 7) is 9.14. The minimum absolute atomic E-state index is 0.000356. The monoisotopic (exact) mass is 314 g/mol. The van der Waals surface area contributed by atoms with Crippen molar-refractivity contribution in [3.8, 4) is 0 Å². The third-order valence-corrected chi connectivity index (χ3v) is 3.91. The molecule has 0 aliphatic carbocycles. The number of nitrogens with two attached hydrogens (primary N) is 1. The first-order chi connectivity index (χ1) is 9.56. The van der Waals surface area contributed by atoms with Gasteiger partial charge < -0.3 is 11.1 Å². The zero-order valence-corrected chi connectivity index (χ0v) is 13.9. The van der Waals surface area contributed by atoms with Crippen LogP contribution in [0.2, 0.25) is 5.02 Å². The molecule has 0 aromatic carbocycles. The number of primary amides is 1. The van der Waals surface area contributed by atoms with Gasteiger partial charge in [0, 0.05) is 0 Å². The summed E-state index contributed by atoms with van der Waals surface area (Å²) in [4.78, 5) is 23.8. The van der Waals surface area contributed by atoms with Gasteiger partial charge in [0.1, 0.15) is 12.1 Å². The summed E-state index contributed by atoms with van der Waals surface area (Å²) in [6.07, 6.45) is 0.478. The van der Waals surface area contributed by atoms with E-state index in [-0.39, 0.29) is 18.4 Å². The van der Waals surface area contributed by atoms with Crippen molar-refractivity contribution in [2.75, 3.05) is 0 Å². The Morgan fingerprint density at radius 1 is 1.43 bits per heavy atom. The number of halogens is 1. The van der Waals surface area contributed by atoms with Crippen molar-refractivity contribution >= 4 is 23.4 Å². The van der Waals surface area contributed by atoms with Crippen molar-refractivity contribution in [1.82, 2.24) is 15.1 Å². The number of hydrogen-bond acceptors (Lipinski definition) is 3. The van der Waals surface area contributed by atoms with E-state index in [9.17, 15) is 9.59 Å². The molecule has 1 aromatic rings. The van der Waals surface area contributed by atoms with Gasteiger partial charge >= 0.3 is 0 Å². The van der Waals surface area contributed by atoms with Gasteiger partial charge in [0.2, 0.25) is 11.8 Å². The Morgan fingerprint density at radius 2 is 2.00 bits per heavy atom. The molecule has 0 aliphatic rings. The van der Waals surface area contributed by atoms with Crippen LogP contribution in [0.15, 0.2) is 0 Å². The predicted octanol–water partition coefficient (Wildman–Crippen LogP) is 1.56. The van der Waals surface area contributed by atoms with E-state index in [2.05, 4.69) is 10.4 Å². The highest BCUT2D eigenvalue weighted by molar-refractivity contribution is 6.31. The van der Waals surface area contributed by atoms with E-state index in [0.717, 1.165) is 0 Å². The Kier molecular flexibility index (Phi) is 5.39. The standard InChI is InChI=1S/C14H23ClN4O2/c1-8(2)6-14(5,13(16)21)17-11(20)7-19-10(4)12(15)9(3)18-19/h8H,6-7H2,1-5H3,(H2,16,21)(H,17,20)/t14-/m1/s1. The number of aromatic nitrogens is 2. The van der Waals surface area contributed by atoms with E-state index in [1.807, 2.05) is 13.8 Å². The molecular weight excluding hydrogens is 292 g/mol. The molecule has 0 saturated heterocycles. The Labute approximate surface area is 130 Å². The highest BCUT2D eigenvalue weighted by Crippen LogP contribution is 2.19. The average Bonchev–Trinajstić information content (AvgIpc) is 2.55. The molecule has 1 rings (SSSR count). The van der Waals surface area contributed by atoms with Crippen LogP contribution < -0.4 is 11.1 Å². The fourth-order valence-electron chi connectivity index (χ4n) is 2.34. The molecule has 3 N–H and O–H groups in total. The van der Waals surface area contributed by atoms with Crippen molar-refractivity contribution in [3.63, 3.8) is 0 Å². The van der Waals surface area contributed by atoms with Crippen LogP contribution in [0.25, 0.3) is 0 Å².